The van der Waals surface area contributed by atoms with E-state index in [2.05, 4.69) is 30.6 Å². The van der Waals surface area contributed by atoms with E-state index < -0.39 is 0 Å². The van der Waals surface area contributed by atoms with Crippen LogP contribution in [0, 0.1) is 13.8 Å². The SMILES string of the molecule is Cc1nc2ncnn2c(NCc2nnc(-c3ccccc3)s2)c1C. The highest BCUT2D eigenvalue weighted by Gasteiger charge is 2.12. The number of hydrogen-bond acceptors (Lipinski definition) is 7. The summed E-state index contributed by atoms with van der Waals surface area (Å²) in [6, 6.07) is 10.1. The molecule has 4 aromatic rings. The summed E-state index contributed by atoms with van der Waals surface area (Å²) in [7, 11) is 0. The summed E-state index contributed by atoms with van der Waals surface area (Å²) < 4.78 is 1.71. The molecule has 0 radical (unpaired) electrons. The Bertz CT molecular complexity index is 990. The van der Waals surface area contributed by atoms with Crippen molar-refractivity contribution >= 4 is 22.9 Å². The first-order valence-electron chi connectivity index (χ1n) is 7.51. The maximum atomic E-state index is 4.42. The van der Waals surface area contributed by atoms with E-state index >= 15 is 0 Å². The van der Waals surface area contributed by atoms with Crippen LogP contribution in [0.1, 0.15) is 16.3 Å². The molecule has 1 N–H and O–H groups in total. The summed E-state index contributed by atoms with van der Waals surface area (Å²) >= 11 is 1.58. The zero-order chi connectivity index (χ0) is 16.5. The van der Waals surface area contributed by atoms with Gasteiger partial charge in [-0.05, 0) is 13.8 Å². The first-order chi connectivity index (χ1) is 11.7. The monoisotopic (exact) mass is 337 g/mol. The normalized spacial score (nSPS) is 11.1. The molecular formula is C16H15N7S. The van der Waals surface area contributed by atoms with Gasteiger partial charge in [-0.15, -0.1) is 10.2 Å². The molecule has 0 saturated carbocycles. The van der Waals surface area contributed by atoms with Crippen molar-refractivity contribution in [1.82, 2.24) is 29.8 Å². The third-order valence-corrected chi connectivity index (χ3v) is 4.77. The van der Waals surface area contributed by atoms with Crippen LogP contribution < -0.4 is 5.32 Å². The predicted molar refractivity (Wildman–Crippen MR) is 92.9 cm³/mol. The molecule has 0 unspecified atom stereocenters. The van der Waals surface area contributed by atoms with E-state index in [1.54, 1.807) is 15.9 Å². The van der Waals surface area contributed by atoms with Crippen LogP contribution in [0.2, 0.25) is 0 Å². The van der Waals surface area contributed by atoms with Crippen LogP contribution in [0.4, 0.5) is 5.82 Å². The number of nitrogens with zero attached hydrogens (tertiary/aromatic N) is 6. The van der Waals surface area contributed by atoms with Crippen LogP contribution in [0.3, 0.4) is 0 Å². The van der Waals surface area contributed by atoms with Crippen molar-refractivity contribution in [2.75, 3.05) is 5.32 Å². The first-order valence-corrected chi connectivity index (χ1v) is 8.32. The lowest BCUT2D eigenvalue weighted by molar-refractivity contribution is 0.894. The Hall–Kier alpha value is -2.87. The third kappa shape index (κ3) is 2.61. The highest BCUT2D eigenvalue weighted by molar-refractivity contribution is 7.14. The molecule has 120 valence electrons. The van der Waals surface area contributed by atoms with Gasteiger partial charge in [-0.3, -0.25) is 0 Å². The van der Waals surface area contributed by atoms with Gasteiger partial charge >= 0.3 is 0 Å². The van der Waals surface area contributed by atoms with Gasteiger partial charge in [-0.1, -0.05) is 41.7 Å². The molecule has 0 saturated heterocycles. The molecule has 1 aromatic carbocycles. The van der Waals surface area contributed by atoms with Crippen molar-refractivity contribution in [1.29, 1.82) is 0 Å². The van der Waals surface area contributed by atoms with E-state index in [4.69, 9.17) is 0 Å². The van der Waals surface area contributed by atoms with Crippen molar-refractivity contribution in [3.8, 4) is 10.6 Å². The second-order valence-corrected chi connectivity index (χ2v) is 6.43. The minimum atomic E-state index is 0.573. The number of aryl methyl sites for hydroxylation is 1. The average molecular weight is 337 g/mol. The molecule has 0 amide bonds. The number of fused-ring (bicyclic) bond motifs is 1. The van der Waals surface area contributed by atoms with E-state index in [1.807, 2.05) is 44.2 Å². The zero-order valence-electron chi connectivity index (χ0n) is 13.3. The number of rotatable bonds is 4. The summed E-state index contributed by atoms with van der Waals surface area (Å²) in [5.74, 6) is 1.47. The van der Waals surface area contributed by atoms with Gasteiger partial charge in [0.15, 0.2) is 0 Å². The topological polar surface area (TPSA) is 80.9 Å². The van der Waals surface area contributed by atoms with E-state index in [9.17, 15) is 0 Å². The van der Waals surface area contributed by atoms with Crippen molar-refractivity contribution in [2.24, 2.45) is 0 Å². The van der Waals surface area contributed by atoms with Gasteiger partial charge in [0.25, 0.3) is 5.78 Å². The zero-order valence-corrected chi connectivity index (χ0v) is 14.1. The average Bonchev–Trinajstić information content (AvgIpc) is 3.25. The highest BCUT2D eigenvalue weighted by Crippen LogP contribution is 2.24. The van der Waals surface area contributed by atoms with Crippen LogP contribution in [-0.4, -0.2) is 29.8 Å². The van der Waals surface area contributed by atoms with Crippen molar-refractivity contribution < 1.29 is 0 Å². The van der Waals surface area contributed by atoms with Gasteiger partial charge in [0, 0.05) is 16.8 Å². The smallest absolute Gasteiger partial charge is 0.254 e. The lowest BCUT2D eigenvalue weighted by atomic mass is 10.2. The molecule has 3 aromatic heterocycles. The van der Waals surface area contributed by atoms with Crippen molar-refractivity contribution in [2.45, 2.75) is 20.4 Å². The minimum absolute atomic E-state index is 0.573. The third-order valence-electron chi connectivity index (χ3n) is 3.80. The standard InChI is InChI=1S/C16H15N7S/c1-10-11(2)20-16-18-9-19-23(16)14(10)17-8-13-21-22-15(24-13)12-6-4-3-5-7-12/h3-7,9,17H,8H2,1-2H3. The molecule has 3 heterocycles. The van der Waals surface area contributed by atoms with Crippen LogP contribution in [0.15, 0.2) is 36.7 Å². The van der Waals surface area contributed by atoms with E-state index in [0.29, 0.717) is 12.3 Å². The summed E-state index contributed by atoms with van der Waals surface area (Å²) in [6.45, 7) is 4.55. The Balaban J connectivity index is 1.59. The fourth-order valence-corrected chi connectivity index (χ4v) is 3.21. The summed E-state index contributed by atoms with van der Waals surface area (Å²) in [5.41, 5.74) is 3.05. The summed E-state index contributed by atoms with van der Waals surface area (Å²) in [6.07, 6.45) is 1.50. The maximum Gasteiger partial charge on any atom is 0.254 e. The number of anilines is 1. The Morgan fingerprint density at radius 2 is 1.96 bits per heavy atom. The molecule has 0 aliphatic rings. The van der Waals surface area contributed by atoms with Crippen LogP contribution in [0.25, 0.3) is 16.3 Å². The predicted octanol–water partition coefficient (Wildman–Crippen LogP) is 2.87. The molecule has 7 nitrogen and oxygen atoms in total. The molecule has 4 rings (SSSR count). The molecular weight excluding hydrogens is 322 g/mol. The molecule has 0 atom stereocenters. The Kier molecular flexibility index (Phi) is 3.66. The lowest BCUT2D eigenvalue weighted by Crippen LogP contribution is -2.09. The van der Waals surface area contributed by atoms with E-state index in [1.165, 1.54) is 6.33 Å². The van der Waals surface area contributed by atoms with Gasteiger partial charge in [0.1, 0.15) is 22.2 Å². The van der Waals surface area contributed by atoms with E-state index in [0.717, 1.165) is 32.7 Å². The maximum absolute atomic E-state index is 4.42. The molecule has 8 heteroatoms. The molecule has 0 aliphatic carbocycles. The Morgan fingerprint density at radius 3 is 2.79 bits per heavy atom. The fraction of sp³-hybridized carbons (Fsp3) is 0.188. The van der Waals surface area contributed by atoms with Crippen molar-refractivity contribution in [3.05, 3.63) is 52.9 Å². The minimum Gasteiger partial charge on any atom is -0.363 e. The lowest BCUT2D eigenvalue weighted by Gasteiger charge is -2.11. The number of nitrogens with one attached hydrogen (secondary N) is 1. The van der Waals surface area contributed by atoms with Crippen LogP contribution in [0.5, 0.6) is 0 Å². The fourth-order valence-electron chi connectivity index (χ4n) is 2.42. The van der Waals surface area contributed by atoms with Gasteiger partial charge in [0.2, 0.25) is 0 Å². The van der Waals surface area contributed by atoms with Gasteiger partial charge in [-0.25, -0.2) is 4.98 Å². The largest absolute Gasteiger partial charge is 0.363 e. The molecule has 0 bridgehead atoms. The van der Waals surface area contributed by atoms with Gasteiger partial charge < -0.3 is 5.32 Å². The highest BCUT2D eigenvalue weighted by atomic mass is 32.1. The second kappa shape index (κ2) is 5.97. The van der Waals surface area contributed by atoms with E-state index in [-0.39, 0.29) is 0 Å². The van der Waals surface area contributed by atoms with Gasteiger partial charge in [-0.2, -0.15) is 14.6 Å². The van der Waals surface area contributed by atoms with Crippen LogP contribution in [-0.2, 0) is 6.54 Å². The Labute approximate surface area is 142 Å². The first kappa shape index (κ1) is 14.7. The number of aromatic nitrogens is 6. The van der Waals surface area contributed by atoms with Crippen LogP contribution >= 0.6 is 11.3 Å². The molecule has 24 heavy (non-hydrogen) atoms. The number of hydrogen-bond donors (Lipinski definition) is 1. The molecule has 0 aliphatic heterocycles. The second-order valence-electron chi connectivity index (χ2n) is 5.36. The Morgan fingerprint density at radius 1 is 1.12 bits per heavy atom. The summed E-state index contributed by atoms with van der Waals surface area (Å²) in [4.78, 5) is 8.57. The van der Waals surface area contributed by atoms with Gasteiger partial charge in [0.05, 0.1) is 6.54 Å². The molecule has 0 fully saturated rings. The quantitative estimate of drug-likeness (QED) is 0.617. The van der Waals surface area contributed by atoms with Crippen molar-refractivity contribution in [3.63, 3.8) is 0 Å². The summed E-state index contributed by atoms with van der Waals surface area (Å²) in [5, 5.41) is 18.0. The molecule has 0 spiro atoms. The number of benzene rings is 1.